The van der Waals surface area contributed by atoms with Crippen molar-refractivity contribution in [3.05, 3.63) is 113 Å². The normalized spacial score (nSPS) is 22.0. The van der Waals surface area contributed by atoms with Crippen molar-refractivity contribution >= 4 is 31.5 Å². The Morgan fingerprint density at radius 3 is 2.39 bits per heavy atom. The number of methoxy groups -OCH3 is 1. The summed E-state index contributed by atoms with van der Waals surface area (Å²) in [5.74, 6) is 1.07. The van der Waals surface area contributed by atoms with Gasteiger partial charge in [-0.3, -0.25) is 14.5 Å². The van der Waals surface area contributed by atoms with Gasteiger partial charge in [-0.1, -0.05) is 55.5 Å². The van der Waals surface area contributed by atoms with Crippen LogP contribution in [-0.2, 0) is 22.5 Å². The molecule has 3 aliphatic heterocycles. The third kappa shape index (κ3) is 6.03. The summed E-state index contributed by atoms with van der Waals surface area (Å²) in [7, 11) is -1.34. The minimum absolute atomic E-state index is 0.0890. The molecule has 0 aliphatic carbocycles. The van der Waals surface area contributed by atoms with E-state index in [9.17, 15) is 19.5 Å². The van der Waals surface area contributed by atoms with Crippen molar-refractivity contribution in [3.8, 4) is 17.2 Å². The van der Waals surface area contributed by atoms with Gasteiger partial charge in [0, 0.05) is 37.1 Å². The van der Waals surface area contributed by atoms with Crippen LogP contribution in [0.15, 0.2) is 91.0 Å². The Morgan fingerprint density at radius 1 is 0.959 bits per heavy atom. The summed E-state index contributed by atoms with van der Waals surface area (Å²) < 4.78 is 19.1. The van der Waals surface area contributed by atoms with Crippen molar-refractivity contribution in [2.45, 2.75) is 63.2 Å². The highest BCUT2D eigenvalue weighted by molar-refractivity contribution is 6.71. The third-order valence-electron chi connectivity index (χ3n) is 10.3. The lowest BCUT2D eigenvalue weighted by Crippen LogP contribution is -2.52. The zero-order valence-electron chi connectivity index (χ0n) is 28.2. The Labute approximate surface area is 287 Å². The quantitative estimate of drug-likeness (QED) is 0.208. The number of aliphatic hydroxyl groups is 1. The number of anilines is 2. The van der Waals surface area contributed by atoms with E-state index in [4.69, 9.17) is 14.2 Å². The van der Waals surface area contributed by atoms with E-state index >= 15 is 0 Å². The number of amides is 2. The van der Waals surface area contributed by atoms with E-state index in [1.807, 2.05) is 98.9 Å². The summed E-state index contributed by atoms with van der Waals surface area (Å²) in [5.41, 5.74) is 4.25. The molecule has 0 bridgehead atoms. The van der Waals surface area contributed by atoms with E-state index in [1.54, 1.807) is 29.0 Å². The fourth-order valence-corrected chi connectivity index (χ4v) is 9.53. The van der Waals surface area contributed by atoms with E-state index in [1.165, 1.54) is 0 Å². The molecule has 3 heterocycles. The van der Waals surface area contributed by atoms with Gasteiger partial charge in [0.05, 0.1) is 35.7 Å². The van der Waals surface area contributed by atoms with Gasteiger partial charge in [0.2, 0.25) is 5.91 Å². The van der Waals surface area contributed by atoms with Gasteiger partial charge in [-0.2, -0.15) is 0 Å². The number of carbonyl (C=O) groups excluding carboxylic acids is 2. The molecule has 2 amide bonds. The fourth-order valence-electron chi connectivity index (χ4n) is 7.69. The number of benzene rings is 4. The van der Waals surface area contributed by atoms with Crippen LogP contribution in [0.2, 0.25) is 18.6 Å². The first-order valence-electron chi connectivity index (χ1n) is 16.8. The summed E-state index contributed by atoms with van der Waals surface area (Å²) in [4.78, 5) is 43.2. The molecule has 2 N–H and O–H groups in total. The zero-order chi connectivity index (χ0) is 34.4. The van der Waals surface area contributed by atoms with Crippen LogP contribution in [0.3, 0.4) is 0 Å². The average Bonchev–Trinajstić information content (AvgIpc) is 3.22. The van der Waals surface area contributed by atoms with Crippen LogP contribution >= 0.6 is 0 Å². The lowest BCUT2D eigenvalue weighted by Gasteiger charge is -2.44. The van der Waals surface area contributed by atoms with E-state index in [0.29, 0.717) is 47.2 Å². The van der Waals surface area contributed by atoms with Crippen LogP contribution < -0.4 is 14.4 Å². The molecule has 9 nitrogen and oxygen atoms in total. The molecule has 0 aromatic heterocycles. The number of rotatable bonds is 7. The standard InChI is InChI=1S/C39H42N2O7Si/c1-24-37(46-2)30-20-27(41-31-14-8-10-16-34(31)47-32-15-9-7-13-29(32)39(41)44)17-18-33(30)48-38(24)35(49(3,4)45)21-36(43)40-22-26-12-6-5-11-25(26)19-28(40)23-42/h5-18,20,24,28,35,37-38,42,45H,19,21-23H2,1-4H3/t24-,28-,35?,37-,38-/m0/s1. The highest BCUT2D eigenvalue weighted by Gasteiger charge is 2.48. The second-order valence-electron chi connectivity index (χ2n) is 13.8. The number of para-hydroxylation sites is 3. The minimum Gasteiger partial charge on any atom is -0.490 e. The molecule has 0 radical (unpaired) electrons. The van der Waals surface area contributed by atoms with Crippen LogP contribution in [-0.4, -0.2) is 60.8 Å². The highest BCUT2D eigenvalue weighted by Crippen LogP contribution is 2.49. The fraction of sp³-hybridized carbons (Fsp3) is 0.333. The molecule has 10 heteroatoms. The van der Waals surface area contributed by atoms with Crippen molar-refractivity contribution in [2.75, 3.05) is 18.6 Å². The van der Waals surface area contributed by atoms with Gasteiger partial charge >= 0.3 is 0 Å². The predicted octanol–water partition coefficient (Wildman–Crippen LogP) is 6.76. The number of ether oxygens (including phenoxy) is 3. The molecular weight excluding hydrogens is 637 g/mol. The second kappa shape index (κ2) is 13.1. The van der Waals surface area contributed by atoms with Gasteiger partial charge in [0.1, 0.15) is 17.6 Å². The highest BCUT2D eigenvalue weighted by atomic mass is 28.4. The first-order chi connectivity index (χ1) is 23.6. The maximum absolute atomic E-state index is 14.1. The van der Waals surface area contributed by atoms with E-state index in [0.717, 1.165) is 16.7 Å². The summed E-state index contributed by atoms with van der Waals surface area (Å²) >= 11 is 0. The van der Waals surface area contributed by atoms with Crippen molar-refractivity contribution in [1.29, 1.82) is 0 Å². The zero-order valence-corrected chi connectivity index (χ0v) is 29.2. The number of hydrogen-bond donors (Lipinski definition) is 2. The topological polar surface area (TPSA) is 109 Å². The van der Waals surface area contributed by atoms with Crippen LogP contribution in [0.5, 0.6) is 17.2 Å². The number of nitrogens with zero attached hydrogens (tertiary/aromatic N) is 2. The molecule has 7 rings (SSSR count). The molecule has 3 aliphatic rings. The smallest absolute Gasteiger partial charge is 0.266 e. The molecular formula is C39H42N2O7Si. The van der Waals surface area contributed by atoms with Crippen LogP contribution in [0, 0.1) is 5.92 Å². The lowest BCUT2D eigenvalue weighted by molar-refractivity contribution is -0.136. The molecule has 4 aromatic carbocycles. The molecule has 0 spiro atoms. The van der Waals surface area contributed by atoms with E-state index in [-0.39, 0.29) is 36.8 Å². The summed E-state index contributed by atoms with van der Waals surface area (Å²) in [5, 5.41) is 10.2. The number of fused-ring (bicyclic) bond motifs is 4. The summed E-state index contributed by atoms with van der Waals surface area (Å²) in [6.07, 6.45) is -0.270. The summed E-state index contributed by atoms with van der Waals surface area (Å²) in [6, 6.07) is 28.0. The molecule has 0 fully saturated rings. The molecule has 0 saturated heterocycles. The summed E-state index contributed by atoms with van der Waals surface area (Å²) in [6.45, 7) is 6.00. The first-order valence-corrected chi connectivity index (χ1v) is 19.8. The van der Waals surface area contributed by atoms with Crippen LogP contribution in [0.1, 0.15) is 46.5 Å². The number of aliphatic hydroxyl groups excluding tert-OH is 1. The number of hydrogen-bond acceptors (Lipinski definition) is 7. The Balaban J connectivity index is 1.21. The monoisotopic (exact) mass is 678 g/mol. The van der Waals surface area contributed by atoms with Crippen molar-refractivity contribution in [1.82, 2.24) is 4.90 Å². The minimum atomic E-state index is -2.99. The van der Waals surface area contributed by atoms with Crippen molar-refractivity contribution < 1.29 is 33.7 Å². The maximum Gasteiger partial charge on any atom is 0.266 e. The molecule has 49 heavy (non-hydrogen) atoms. The van der Waals surface area contributed by atoms with Crippen LogP contribution in [0.4, 0.5) is 11.4 Å². The Bertz CT molecular complexity index is 1890. The van der Waals surface area contributed by atoms with Gasteiger partial charge < -0.3 is 29.0 Å². The second-order valence-corrected chi connectivity index (χ2v) is 17.9. The Hall–Kier alpha value is -4.48. The maximum atomic E-state index is 14.1. The molecule has 5 atom stereocenters. The van der Waals surface area contributed by atoms with E-state index in [2.05, 4.69) is 0 Å². The predicted molar refractivity (Wildman–Crippen MR) is 189 cm³/mol. The van der Waals surface area contributed by atoms with Gasteiger partial charge in [0.15, 0.2) is 14.1 Å². The Kier molecular flexibility index (Phi) is 8.83. The van der Waals surface area contributed by atoms with Crippen molar-refractivity contribution in [3.63, 3.8) is 0 Å². The third-order valence-corrected chi connectivity index (χ3v) is 12.6. The number of carbonyl (C=O) groups is 2. The van der Waals surface area contributed by atoms with Gasteiger partial charge in [-0.25, -0.2) is 0 Å². The average molecular weight is 679 g/mol. The molecule has 254 valence electrons. The first kappa shape index (κ1) is 33.0. The van der Waals surface area contributed by atoms with Crippen molar-refractivity contribution in [2.24, 2.45) is 5.92 Å². The molecule has 0 saturated carbocycles. The SMILES string of the molecule is CO[C@@H]1c2cc(N3C(=O)c4ccccc4Oc4ccccc43)ccc2O[C@H](C(CC(=O)N2Cc3ccccc3C[C@H]2CO)[Si](C)(C)O)[C@H]1C. The van der Waals surface area contributed by atoms with Gasteiger partial charge in [-0.15, -0.1) is 0 Å². The van der Waals surface area contributed by atoms with Gasteiger partial charge in [-0.05, 0) is 73.1 Å². The van der Waals surface area contributed by atoms with E-state index < -0.39 is 26.1 Å². The van der Waals surface area contributed by atoms with Gasteiger partial charge in [0.25, 0.3) is 5.91 Å². The largest absolute Gasteiger partial charge is 0.490 e. The van der Waals surface area contributed by atoms with Crippen LogP contribution in [0.25, 0.3) is 0 Å². The molecule has 4 aromatic rings. The molecule has 1 unspecified atom stereocenters. The Morgan fingerprint density at radius 2 is 1.65 bits per heavy atom. The lowest BCUT2D eigenvalue weighted by atomic mass is 9.86.